The molecule has 1 aromatic carbocycles. The molecule has 0 fully saturated rings. The van der Waals surface area contributed by atoms with Gasteiger partial charge in [0.25, 0.3) is 0 Å². The SMILES string of the molecule is CC(C)(C)c1[nH]nc2c1C(c1ccc(F)cc1F)C(C#N)C(=N)O2. The summed E-state index contributed by atoms with van der Waals surface area (Å²) in [6.07, 6.45) is 0. The van der Waals surface area contributed by atoms with Gasteiger partial charge in [0.05, 0.1) is 6.07 Å². The van der Waals surface area contributed by atoms with E-state index in [2.05, 4.69) is 10.2 Å². The summed E-state index contributed by atoms with van der Waals surface area (Å²) in [5.74, 6) is -3.41. The van der Waals surface area contributed by atoms with Gasteiger partial charge >= 0.3 is 0 Å². The molecule has 1 aliphatic heterocycles. The molecule has 0 radical (unpaired) electrons. The van der Waals surface area contributed by atoms with Crippen LogP contribution < -0.4 is 4.74 Å². The van der Waals surface area contributed by atoms with Gasteiger partial charge in [-0.3, -0.25) is 10.5 Å². The number of nitriles is 1. The highest BCUT2D eigenvalue weighted by atomic mass is 19.1. The Morgan fingerprint density at radius 2 is 2.04 bits per heavy atom. The van der Waals surface area contributed by atoms with E-state index in [1.54, 1.807) is 0 Å². The van der Waals surface area contributed by atoms with Gasteiger partial charge in [-0.25, -0.2) is 8.78 Å². The zero-order valence-electron chi connectivity index (χ0n) is 13.4. The maximum absolute atomic E-state index is 14.4. The molecule has 2 N–H and O–H groups in total. The van der Waals surface area contributed by atoms with E-state index in [1.165, 1.54) is 6.07 Å². The molecule has 0 saturated heterocycles. The molecule has 0 saturated carbocycles. The number of H-pyrrole nitrogens is 1. The average molecular weight is 330 g/mol. The summed E-state index contributed by atoms with van der Waals surface area (Å²) in [7, 11) is 0. The van der Waals surface area contributed by atoms with E-state index in [4.69, 9.17) is 10.1 Å². The molecule has 0 spiro atoms. The van der Waals surface area contributed by atoms with Crippen LogP contribution in [0.5, 0.6) is 5.88 Å². The third-order valence-electron chi connectivity index (χ3n) is 4.09. The van der Waals surface area contributed by atoms with Gasteiger partial charge in [0.2, 0.25) is 11.8 Å². The Labute approximate surface area is 137 Å². The second kappa shape index (κ2) is 5.41. The number of fused-ring (bicyclic) bond motifs is 1. The predicted octanol–water partition coefficient (Wildman–Crippen LogP) is 3.63. The van der Waals surface area contributed by atoms with Gasteiger partial charge in [-0.05, 0) is 11.6 Å². The maximum Gasteiger partial charge on any atom is 0.243 e. The summed E-state index contributed by atoms with van der Waals surface area (Å²) in [5.41, 5.74) is 1.01. The molecule has 0 aliphatic carbocycles. The predicted molar refractivity (Wildman–Crippen MR) is 82.9 cm³/mol. The van der Waals surface area contributed by atoms with Crippen LogP contribution in [0.15, 0.2) is 18.2 Å². The number of aromatic amines is 1. The highest BCUT2D eigenvalue weighted by molar-refractivity contribution is 5.84. The molecule has 0 amide bonds. The van der Waals surface area contributed by atoms with Crippen molar-refractivity contribution in [1.29, 1.82) is 10.7 Å². The molecule has 5 nitrogen and oxygen atoms in total. The van der Waals surface area contributed by atoms with Gasteiger partial charge in [0, 0.05) is 28.7 Å². The molecule has 24 heavy (non-hydrogen) atoms. The van der Waals surface area contributed by atoms with E-state index in [0.29, 0.717) is 11.3 Å². The number of ether oxygens (including phenoxy) is 1. The van der Waals surface area contributed by atoms with Crippen molar-refractivity contribution in [3.8, 4) is 11.9 Å². The van der Waals surface area contributed by atoms with E-state index < -0.39 is 23.5 Å². The number of halogens is 2. The number of nitrogens with zero attached hydrogens (tertiary/aromatic N) is 2. The van der Waals surface area contributed by atoms with Crippen LogP contribution in [-0.2, 0) is 5.41 Å². The molecule has 1 aliphatic rings. The van der Waals surface area contributed by atoms with Gasteiger partial charge in [0.15, 0.2) is 0 Å². The maximum atomic E-state index is 14.4. The summed E-state index contributed by atoms with van der Waals surface area (Å²) in [6, 6.07) is 5.23. The average Bonchev–Trinajstić information content (AvgIpc) is 2.89. The van der Waals surface area contributed by atoms with Gasteiger partial charge in [0.1, 0.15) is 17.6 Å². The Morgan fingerprint density at radius 1 is 1.33 bits per heavy atom. The fourth-order valence-electron chi connectivity index (χ4n) is 2.98. The Hall–Kier alpha value is -2.75. The normalized spacial score (nSPS) is 20.2. The van der Waals surface area contributed by atoms with Crippen molar-refractivity contribution in [3.05, 3.63) is 46.7 Å². The first-order chi connectivity index (χ1) is 11.2. The molecular weight excluding hydrogens is 314 g/mol. The van der Waals surface area contributed by atoms with Crippen LogP contribution in [-0.4, -0.2) is 16.1 Å². The largest absolute Gasteiger partial charge is 0.422 e. The third kappa shape index (κ3) is 2.44. The Kier molecular flexibility index (Phi) is 3.63. The second-order valence-electron chi connectivity index (χ2n) is 6.78. The fraction of sp³-hybridized carbons (Fsp3) is 0.353. The zero-order valence-corrected chi connectivity index (χ0v) is 13.4. The standard InChI is InChI=1S/C17H16F2N4O/c1-17(2,3)14-13-12(9-5-4-8(18)6-11(9)19)10(7-20)15(21)24-16(13)23-22-14/h4-6,10,12,21H,1-3H3,(H,22,23). The minimum atomic E-state index is -1.02. The first kappa shape index (κ1) is 16.1. The highest BCUT2D eigenvalue weighted by Crippen LogP contribution is 2.46. The molecule has 0 bridgehead atoms. The van der Waals surface area contributed by atoms with Crippen molar-refractivity contribution in [3.63, 3.8) is 0 Å². The van der Waals surface area contributed by atoms with Crippen LogP contribution in [0.4, 0.5) is 8.78 Å². The lowest BCUT2D eigenvalue weighted by Gasteiger charge is -2.30. The first-order valence-electron chi connectivity index (χ1n) is 7.43. The lowest BCUT2D eigenvalue weighted by Crippen LogP contribution is -2.32. The monoisotopic (exact) mass is 330 g/mol. The van der Waals surface area contributed by atoms with E-state index in [-0.39, 0.29) is 22.8 Å². The van der Waals surface area contributed by atoms with E-state index >= 15 is 0 Å². The van der Waals surface area contributed by atoms with Gasteiger partial charge < -0.3 is 4.74 Å². The lowest BCUT2D eigenvalue weighted by molar-refractivity contribution is 0.427. The van der Waals surface area contributed by atoms with E-state index in [0.717, 1.165) is 12.1 Å². The highest BCUT2D eigenvalue weighted by Gasteiger charge is 2.43. The lowest BCUT2D eigenvalue weighted by atomic mass is 9.75. The third-order valence-corrected chi connectivity index (χ3v) is 4.09. The van der Waals surface area contributed by atoms with Crippen LogP contribution in [0, 0.1) is 34.3 Å². The zero-order chi connectivity index (χ0) is 17.6. The number of aromatic nitrogens is 2. The number of hydrogen-bond donors (Lipinski definition) is 2. The van der Waals surface area contributed by atoms with E-state index in [1.807, 2.05) is 26.8 Å². The summed E-state index contributed by atoms with van der Waals surface area (Å²) in [4.78, 5) is 0. The van der Waals surface area contributed by atoms with Crippen molar-refractivity contribution in [1.82, 2.24) is 10.2 Å². The van der Waals surface area contributed by atoms with Crippen LogP contribution in [0.1, 0.15) is 43.5 Å². The van der Waals surface area contributed by atoms with E-state index in [9.17, 15) is 14.0 Å². The molecule has 3 rings (SSSR count). The summed E-state index contributed by atoms with van der Waals surface area (Å²) in [5, 5.41) is 24.4. The topological polar surface area (TPSA) is 85.5 Å². The number of hydrogen-bond acceptors (Lipinski definition) is 4. The van der Waals surface area contributed by atoms with Crippen molar-refractivity contribution in [2.24, 2.45) is 5.92 Å². The number of rotatable bonds is 1. The smallest absolute Gasteiger partial charge is 0.243 e. The molecule has 7 heteroatoms. The minimum Gasteiger partial charge on any atom is -0.422 e. The van der Waals surface area contributed by atoms with Gasteiger partial charge in [-0.15, -0.1) is 5.10 Å². The van der Waals surface area contributed by atoms with Crippen molar-refractivity contribution in [2.75, 3.05) is 0 Å². The van der Waals surface area contributed by atoms with Gasteiger partial charge in [-0.1, -0.05) is 26.8 Å². The summed E-state index contributed by atoms with van der Waals surface area (Å²) in [6.45, 7) is 5.83. The molecule has 2 aromatic rings. The van der Waals surface area contributed by atoms with Crippen LogP contribution in [0.25, 0.3) is 0 Å². The molecule has 1 aromatic heterocycles. The van der Waals surface area contributed by atoms with Crippen LogP contribution in [0.3, 0.4) is 0 Å². The molecule has 124 valence electrons. The molecular formula is C17H16F2N4O. The molecule has 2 unspecified atom stereocenters. The van der Waals surface area contributed by atoms with Crippen LogP contribution in [0.2, 0.25) is 0 Å². The first-order valence-corrected chi connectivity index (χ1v) is 7.43. The Bertz CT molecular complexity index is 860. The number of benzene rings is 1. The van der Waals surface area contributed by atoms with Crippen molar-refractivity contribution in [2.45, 2.75) is 32.1 Å². The fourth-order valence-corrected chi connectivity index (χ4v) is 2.98. The number of nitrogens with one attached hydrogen (secondary N) is 2. The summed E-state index contributed by atoms with van der Waals surface area (Å²) < 4.78 is 33.0. The van der Waals surface area contributed by atoms with Crippen LogP contribution >= 0.6 is 0 Å². The second-order valence-corrected chi connectivity index (χ2v) is 6.78. The minimum absolute atomic E-state index is 0.143. The quantitative estimate of drug-likeness (QED) is 0.837. The van der Waals surface area contributed by atoms with Crippen molar-refractivity contribution < 1.29 is 13.5 Å². The Morgan fingerprint density at radius 3 is 2.62 bits per heavy atom. The van der Waals surface area contributed by atoms with Crippen molar-refractivity contribution >= 4 is 5.90 Å². The summed E-state index contributed by atoms with van der Waals surface area (Å²) >= 11 is 0. The molecule has 2 heterocycles. The van der Waals surface area contributed by atoms with Gasteiger partial charge in [-0.2, -0.15) is 5.26 Å². The Balaban J connectivity index is 2.28. The molecule has 2 atom stereocenters.